The lowest BCUT2D eigenvalue weighted by molar-refractivity contribution is -0.0216. The molecular weight excluding hydrogens is 454 g/mol. The van der Waals surface area contributed by atoms with Gasteiger partial charge >= 0.3 is 5.69 Å². The van der Waals surface area contributed by atoms with Gasteiger partial charge in [0.2, 0.25) is 0 Å². The fourth-order valence-corrected chi connectivity index (χ4v) is 5.02. The van der Waals surface area contributed by atoms with Crippen molar-refractivity contribution in [1.29, 1.82) is 0 Å². The first-order valence-corrected chi connectivity index (χ1v) is 11.3. The molecule has 5 rings (SSSR count). The van der Waals surface area contributed by atoms with Crippen LogP contribution in [0, 0.1) is 6.92 Å². The highest BCUT2D eigenvalue weighted by Gasteiger charge is 2.42. The third-order valence-corrected chi connectivity index (χ3v) is 6.83. The van der Waals surface area contributed by atoms with E-state index >= 15 is 0 Å². The van der Waals surface area contributed by atoms with Gasteiger partial charge in [0.05, 0.1) is 35.1 Å². The van der Waals surface area contributed by atoms with E-state index in [0.29, 0.717) is 5.56 Å². The monoisotopic (exact) mass is 481 g/mol. The van der Waals surface area contributed by atoms with Crippen LogP contribution in [0.25, 0.3) is 22.2 Å². The Balaban J connectivity index is 1.60. The van der Waals surface area contributed by atoms with Crippen LogP contribution in [0.4, 0.5) is 0 Å². The van der Waals surface area contributed by atoms with Gasteiger partial charge in [-0.1, -0.05) is 0 Å². The number of fused-ring (bicyclic) bond motifs is 2. The fourth-order valence-electron chi connectivity index (χ4n) is 5.02. The molecule has 1 aliphatic rings. The summed E-state index contributed by atoms with van der Waals surface area (Å²) in [5.74, 6) is 0.402. The lowest BCUT2D eigenvalue weighted by Gasteiger charge is -2.34. The van der Waals surface area contributed by atoms with Crippen LogP contribution in [-0.4, -0.2) is 74.5 Å². The van der Waals surface area contributed by atoms with Crippen molar-refractivity contribution in [3.63, 3.8) is 0 Å². The number of amides is 1. The zero-order valence-corrected chi connectivity index (χ0v) is 19.9. The highest BCUT2D eigenvalue weighted by atomic mass is 16.3. The number of aromatic amines is 1. The first-order valence-electron chi connectivity index (χ1n) is 11.3. The summed E-state index contributed by atoms with van der Waals surface area (Å²) in [6.07, 6.45) is 0.384. The van der Waals surface area contributed by atoms with Gasteiger partial charge in [0.25, 0.3) is 11.5 Å². The van der Waals surface area contributed by atoms with E-state index < -0.39 is 29.0 Å². The maximum Gasteiger partial charge on any atom is 0.332 e. The first-order chi connectivity index (χ1) is 16.5. The molecule has 0 unspecified atom stereocenters. The summed E-state index contributed by atoms with van der Waals surface area (Å²) >= 11 is 0. The molecule has 1 aromatic carbocycles. The Kier molecular flexibility index (Phi) is 5.18. The number of aliphatic hydroxyl groups is 2. The molecule has 3 N–H and O–H groups in total. The van der Waals surface area contributed by atoms with Gasteiger partial charge in [-0.05, 0) is 32.0 Å². The molecule has 4 heterocycles. The molecule has 35 heavy (non-hydrogen) atoms. The van der Waals surface area contributed by atoms with Gasteiger partial charge in [0, 0.05) is 39.2 Å². The minimum absolute atomic E-state index is 0.00858. The number of aryl methyl sites for hydroxylation is 2. The maximum atomic E-state index is 13.5. The molecule has 184 valence electrons. The summed E-state index contributed by atoms with van der Waals surface area (Å²) in [6.45, 7) is 3.41. The minimum Gasteiger partial charge on any atom is -0.391 e. The van der Waals surface area contributed by atoms with Crippen LogP contribution in [0.1, 0.15) is 35.6 Å². The summed E-state index contributed by atoms with van der Waals surface area (Å²) in [5, 5.41) is 22.0. The molecule has 0 bridgehead atoms. The van der Waals surface area contributed by atoms with Gasteiger partial charge in [0.15, 0.2) is 11.2 Å². The number of nitrogens with one attached hydrogen (secondary N) is 1. The highest BCUT2D eigenvalue weighted by molar-refractivity contribution is 5.97. The topological polar surface area (TPSA) is 151 Å². The predicted molar refractivity (Wildman–Crippen MR) is 127 cm³/mol. The molecule has 0 radical (unpaired) electrons. The Bertz CT molecular complexity index is 1590. The smallest absolute Gasteiger partial charge is 0.332 e. The average Bonchev–Trinajstić information content (AvgIpc) is 3.37. The van der Waals surface area contributed by atoms with Crippen molar-refractivity contribution in [2.75, 3.05) is 13.1 Å². The number of benzene rings is 1. The number of likely N-dealkylation sites (tertiary alicyclic amines) is 1. The van der Waals surface area contributed by atoms with E-state index in [0.717, 1.165) is 21.4 Å². The maximum absolute atomic E-state index is 13.5. The molecule has 12 nitrogen and oxygen atoms in total. The zero-order valence-electron chi connectivity index (χ0n) is 19.9. The van der Waals surface area contributed by atoms with Crippen molar-refractivity contribution in [3.8, 4) is 0 Å². The SMILES string of the molecule is Cc1nc2ccc(C(=O)N3C[C@@H](O)C[C@@](C)(O)[C@H](n4cnc5c4c(=O)n(C)c(=O)n5C)C3)cc2[nH]1. The standard InChI is InChI=1S/C23H27N7O5/c1-12-25-15-6-5-13(7-16(15)26-12)20(32)29-9-14(31)8-23(2,35)17(10-29)30-11-24-19-18(30)21(33)28(4)22(34)27(19)3/h5-7,11,14,17,31,35H,8-10H2,1-4H3,(H,25,26)/t14-,17+,23+/m0/s1. The lowest BCUT2D eigenvalue weighted by Crippen LogP contribution is -2.44. The van der Waals surface area contributed by atoms with E-state index in [4.69, 9.17) is 0 Å². The van der Waals surface area contributed by atoms with Gasteiger partial charge < -0.3 is 24.7 Å². The normalized spacial score (nSPS) is 23.2. The number of imidazole rings is 2. The van der Waals surface area contributed by atoms with Gasteiger partial charge in [-0.3, -0.25) is 18.7 Å². The molecule has 0 saturated carbocycles. The van der Waals surface area contributed by atoms with Crippen molar-refractivity contribution in [3.05, 3.63) is 56.8 Å². The van der Waals surface area contributed by atoms with Crippen LogP contribution >= 0.6 is 0 Å². The van der Waals surface area contributed by atoms with Crippen molar-refractivity contribution in [1.82, 2.24) is 33.6 Å². The van der Waals surface area contributed by atoms with Crippen molar-refractivity contribution >= 4 is 28.1 Å². The van der Waals surface area contributed by atoms with Crippen LogP contribution in [0.15, 0.2) is 34.1 Å². The highest BCUT2D eigenvalue weighted by Crippen LogP contribution is 2.33. The number of carbonyl (C=O) groups is 1. The average molecular weight is 482 g/mol. The molecule has 1 aliphatic heterocycles. The Morgan fingerprint density at radius 2 is 1.94 bits per heavy atom. The minimum atomic E-state index is -1.48. The largest absolute Gasteiger partial charge is 0.391 e. The Morgan fingerprint density at radius 1 is 1.20 bits per heavy atom. The van der Waals surface area contributed by atoms with E-state index in [1.165, 1.54) is 34.5 Å². The Labute approximate surface area is 199 Å². The van der Waals surface area contributed by atoms with Crippen LogP contribution < -0.4 is 11.2 Å². The number of β-amino-alcohol motifs (C(OH)–C–C–N with tert-alkyl or cyclic N) is 1. The number of rotatable bonds is 2. The quantitative estimate of drug-likeness (QED) is 0.359. The molecular formula is C23H27N7O5. The molecule has 3 aromatic heterocycles. The van der Waals surface area contributed by atoms with Crippen LogP contribution in [0.2, 0.25) is 0 Å². The Hall–Kier alpha value is -3.77. The molecule has 3 atom stereocenters. The van der Waals surface area contributed by atoms with Gasteiger partial charge in [-0.15, -0.1) is 0 Å². The number of aliphatic hydroxyl groups excluding tert-OH is 1. The molecule has 0 spiro atoms. The van der Waals surface area contributed by atoms with E-state index in [1.807, 2.05) is 6.92 Å². The second-order valence-corrected chi connectivity index (χ2v) is 9.53. The number of H-pyrrole nitrogens is 1. The number of hydrogen-bond donors (Lipinski definition) is 3. The van der Waals surface area contributed by atoms with E-state index in [9.17, 15) is 24.6 Å². The molecule has 1 amide bonds. The summed E-state index contributed by atoms with van der Waals surface area (Å²) in [7, 11) is 2.89. The third kappa shape index (κ3) is 3.65. The van der Waals surface area contributed by atoms with Crippen LogP contribution in [0.5, 0.6) is 0 Å². The summed E-state index contributed by atoms with van der Waals surface area (Å²) < 4.78 is 3.75. The fraction of sp³-hybridized carbons (Fsp3) is 0.435. The van der Waals surface area contributed by atoms with E-state index in [2.05, 4.69) is 15.0 Å². The molecule has 4 aromatic rings. The van der Waals surface area contributed by atoms with Crippen molar-refractivity contribution in [2.45, 2.75) is 38.0 Å². The number of hydrogen-bond acceptors (Lipinski definition) is 7. The lowest BCUT2D eigenvalue weighted by atomic mass is 9.91. The molecule has 1 fully saturated rings. The Morgan fingerprint density at radius 3 is 2.69 bits per heavy atom. The number of carbonyl (C=O) groups excluding carboxylic acids is 1. The zero-order chi connectivity index (χ0) is 25.2. The summed E-state index contributed by atoms with van der Waals surface area (Å²) in [5.41, 5.74) is -0.376. The first kappa shape index (κ1) is 23.0. The predicted octanol–water partition coefficient (Wildman–Crippen LogP) is -0.182. The van der Waals surface area contributed by atoms with Crippen molar-refractivity contribution in [2.24, 2.45) is 14.1 Å². The van der Waals surface area contributed by atoms with E-state index in [-0.39, 0.29) is 36.6 Å². The second kappa shape index (κ2) is 7.89. The van der Waals surface area contributed by atoms with E-state index in [1.54, 1.807) is 25.1 Å². The van der Waals surface area contributed by atoms with Crippen LogP contribution in [0.3, 0.4) is 0 Å². The summed E-state index contributed by atoms with van der Waals surface area (Å²) in [6, 6.07) is 4.33. The second-order valence-electron chi connectivity index (χ2n) is 9.53. The molecule has 0 aliphatic carbocycles. The van der Waals surface area contributed by atoms with Gasteiger partial charge in [-0.2, -0.15) is 0 Å². The van der Waals surface area contributed by atoms with Gasteiger partial charge in [0.1, 0.15) is 5.82 Å². The van der Waals surface area contributed by atoms with Crippen LogP contribution in [-0.2, 0) is 14.1 Å². The van der Waals surface area contributed by atoms with Gasteiger partial charge in [-0.25, -0.2) is 14.8 Å². The van der Waals surface area contributed by atoms with Crippen molar-refractivity contribution < 1.29 is 15.0 Å². The number of nitrogens with zero attached hydrogens (tertiary/aromatic N) is 6. The molecule has 12 heteroatoms. The third-order valence-electron chi connectivity index (χ3n) is 6.83. The summed E-state index contributed by atoms with van der Waals surface area (Å²) in [4.78, 5) is 52.1. The molecule has 1 saturated heterocycles. The number of aromatic nitrogens is 6.